The molecule has 2 amide bonds. The first kappa shape index (κ1) is 17.2. The monoisotopic (exact) mass is 340 g/mol. The van der Waals surface area contributed by atoms with Crippen LogP contribution in [0.15, 0.2) is 42.6 Å². The molecule has 1 fully saturated rings. The molecule has 0 saturated carbocycles. The third-order valence-electron chi connectivity index (χ3n) is 4.45. The maximum Gasteiger partial charge on any atom is 0.269 e. The number of hydrogen-bond donors (Lipinski definition) is 1. The van der Waals surface area contributed by atoms with E-state index >= 15 is 0 Å². The molecular weight excluding hydrogens is 316 g/mol. The SMILES string of the molecule is CCCn1nccc1C(=O)N[C@@H]1CC(=O)N(CCc2ccccc2)C1. The molecule has 0 spiro atoms. The Hall–Kier alpha value is -2.63. The Bertz CT molecular complexity index is 726. The molecule has 6 nitrogen and oxygen atoms in total. The van der Waals surface area contributed by atoms with Crippen LogP contribution in [0.2, 0.25) is 0 Å². The molecule has 1 aliphatic heterocycles. The fourth-order valence-corrected chi connectivity index (χ4v) is 3.17. The summed E-state index contributed by atoms with van der Waals surface area (Å²) < 4.78 is 1.71. The van der Waals surface area contributed by atoms with Crippen molar-refractivity contribution in [2.45, 2.75) is 38.8 Å². The molecule has 0 aliphatic carbocycles. The number of carbonyl (C=O) groups excluding carboxylic acids is 2. The first-order valence-corrected chi connectivity index (χ1v) is 8.81. The van der Waals surface area contributed by atoms with Gasteiger partial charge in [0.2, 0.25) is 5.91 Å². The predicted molar refractivity (Wildman–Crippen MR) is 95.1 cm³/mol. The molecule has 1 atom stereocenters. The van der Waals surface area contributed by atoms with Crippen molar-refractivity contribution in [2.75, 3.05) is 13.1 Å². The summed E-state index contributed by atoms with van der Waals surface area (Å²) in [6, 6.07) is 11.7. The van der Waals surface area contributed by atoms with Crippen molar-refractivity contribution in [2.24, 2.45) is 0 Å². The van der Waals surface area contributed by atoms with Crippen LogP contribution >= 0.6 is 0 Å². The lowest BCUT2D eigenvalue weighted by molar-refractivity contribution is -0.127. The van der Waals surface area contributed by atoms with Crippen molar-refractivity contribution in [1.82, 2.24) is 20.0 Å². The van der Waals surface area contributed by atoms with Crippen LogP contribution in [0, 0.1) is 0 Å². The Morgan fingerprint density at radius 3 is 2.80 bits per heavy atom. The quantitative estimate of drug-likeness (QED) is 0.837. The van der Waals surface area contributed by atoms with Crippen LogP contribution < -0.4 is 5.32 Å². The Balaban J connectivity index is 1.53. The van der Waals surface area contributed by atoms with Crippen LogP contribution in [0.25, 0.3) is 0 Å². The fraction of sp³-hybridized carbons (Fsp3) is 0.421. The molecule has 0 bridgehead atoms. The Morgan fingerprint density at radius 1 is 1.24 bits per heavy atom. The van der Waals surface area contributed by atoms with E-state index < -0.39 is 0 Å². The van der Waals surface area contributed by atoms with Gasteiger partial charge in [-0.15, -0.1) is 0 Å². The molecule has 25 heavy (non-hydrogen) atoms. The van der Waals surface area contributed by atoms with E-state index in [1.807, 2.05) is 30.0 Å². The lowest BCUT2D eigenvalue weighted by Crippen LogP contribution is -2.38. The average molecular weight is 340 g/mol. The number of nitrogens with one attached hydrogen (secondary N) is 1. The van der Waals surface area contributed by atoms with E-state index in [4.69, 9.17) is 0 Å². The largest absolute Gasteiger partial charge is 0.346 e. The number of amides is 2. The van der Waals surface area contributed by atoms with Gasteiger partial charge in [-0.3, -0.25) is 14.3 Å². The van der Waals surface area contributed by atoms with Crippen LogP contribution in [0.1, 0.15) is 35.8 Å². The summed E-state index contributed by atoms with van der Waals surface area (Å²) in [6.45, 7) is 4.01. The molecule has 1 aliphatic rings. The van der Waals surface area contributed by atoms with E-state index in [0.717, 1.165) is 12.8 Å². The Morgan fingerprint density at radius 2 is 2.04 bits per heavy atom. The number of nitrogens with zero attached hydrogens (tertiary/aromatic N) is 3. The summed E-state index contributed by atoms with van der Waals surface area (Å²) in [4.78, 5) is 26.5. The number of aryl methyl sites for hydroxylation is 1. The number of aromatic nitrogens is 2. The number of likely N-dealkylation sites (tertiary alicyclic amines) is 1. The minimum Gasteiger partial charge on any atom is -0.346 e. The highest BCUT2D eigenvalue weighted by Gasteiger charge is 2.30. The summed E-state index contributed by atoms with van der Waals surface area (Å²) in [5.74, 6) is -0.0584. The average Bonchev–Trinajstić information content (AvgIpc) is 3.21. The molecule has 2 aromatic rings. The normalized spacial score (nSPS) is 17.1. The molecule has 3 rings (SSSR count). The van der Waals surface area contributed by atoms with Crippen molar-refractivity contribution in [3.05, 3.63) is 53.9 Å². The summed E-state index contributed by atoms with van der Waals surface area (Å²) in [5, 5.41) is 7.15. The zero-order chi connectivity index (χ0) is 17.6. The molecule has 0 radical (unpaired) electrons. The number of hydrogen-bond acceptors (Lipinski definition) is 3. The lowest BCUT2D eigenvalue weighted by Gasteiger charge is -2.17. The van der Waals surface area contributed by atoms with Gasteiger partial charge in [-0.2, -0.15) is 5.10 Å². The van der Waals surface area contributed by atoms with Gasteiger partial charge in [0.1, 0.15) is 5.69 Å². The van der Waals surface area contributed by atoms with Crippen molar-refractivity contribution in [3.63, 3.8) is 0 Å². The van der Waals surface area contributed by atoms with E-state index in [-0.39, 0.29) is 17.9 Å². The van der Waals surface area contributed by atoms with Gasteiger partial charge in [0, 0.05) is 32.3 Å². The highest BCUT2D eigenvalue weighted by atomic mass is 16.2. The van der Waals surface area contributed by atoms with Gasteiger partial charge in [0.15, 0.2) is 0 Å². The summed E-state index contributed by atoms with van der Waals surface area (Å²) in [7, 11) is 0. The maximum absolute atomic E-state index is 12.4. The number of rotatable bonds is 7. The topological polar surface area (TPSA) is 67.2 Å². The zero-order valence-electron chi connectivity index (χ0n) is 14.5. The summed E-state index contributed by atoms with van der Waals surface area (Å²) >= 11 is 0. The molecule has 0 unspecified atom stereocenters. The predicted octanol–water partition coefficient (Wildman–Crippen LogP) is 1.87. The minimum atomic E-state index is -0.159. The first-order valence-electron chi connectivity index (χ1n) is 8.81. The molecule has 6 heteroatoms. The molecule has 1 N–H and O–H groups in total. The summed E-state index contributed by atoms with van der Waals surface area (Å²) in [6.07, 6.45) is 3.74. The van der Waals surface area contributed by atoms with Gasteiger partial charge in [-0.05, 0) is 24.5 Å². The van der Waals surface area contributed by atoms with Gasteiger partial charge in [-0.25, -0.2) is 0 Å². The second kappa shape index (κ2) is 7.96. The Kier molecular flexibility index (Phi) is 5.48. The van der Waals surface area contributed by atoms with Crippen LogP contribution in [0.5, 0.6) is 0 Å². The van der Waals surface area contributed by atoms with E-state index in [1.165, 1.54) is 5.56 Å². The lowest BCUT2D eigenvalue weighted by atomic mass is 10.1. The minimum absolute atomic E-state index is 0.100. The summed E-state index contributed by atoms with van der Waals surface area (Å²) in [5.41, 5.74) is 1.77. The standard InChI is InChI=1S/C19H24N4O2/c1-2-11-23-17(8-10-20-23)19(25)21-16-13-18(24)22(14-16)12-9-15-6-4-3-5-7-15/h3-8,10,16H,2,9,11-14H2,1H3,(H,21,25)/t16-/m1/s1. The highest BCUT2D eigenvalue weighted by Crippen LogP contribution is 2.13. The van der Waals surface area contributed by atoms with Crippen molar-refractivity contribution in [3.8, 4) is 0 Å². The molecule has 2 heterocycles. The second-order valence-corrected chi connectivity index (χ2v) is 6.39. The molecular formula is C19H24N4O2. The molecule has 1 aromatic carbocycles. The third-order valence-corrected chi connectivity index (χ3v) is 4.45. The van der Waals surface area contributed by atoms with Crippen molar-refractivity contribution in [1.29, 1.82) is 0 Å². The van der Waals surface area contributed by atoms with Gasteiger partial charge in [0.25, 0.3) is 5.91 Å². The van der Waals surface area contributed by atoms with Gasteiger partial charge >= 0.3 is 0 Å². The van der Waals surface area contributed by atoms with Crippen LogP contribution in [0.3, 0.4) is 0 Å². The third kappa shape index (κ3) is 4.26. The molecule has 1 saturated heterocycles. The Labute approximate surface area is 147 Å². The zero-order valence-corrected chi connectivity index (χ0v) is 14.5. The highest BCUT2D eigenvalue weighted by molar-refractivity contribution is 5.93. The maximum atomic E-state index is 12.4. The van der Waals surface area contributed by atoms with E-state index in [9.17, 15) is 9.59 Å². The molecule has 1 aromatic heterocycles. The van der Waals surface area contributed by atoms with E-state index in [0.29, 0.717) is 31.7 Å². The van der Waals surface area contributed by atoms with Gasteiger partial charge < -0.3 is 10.2 Å². The first-order chi connectivity index (χ1) is 12.2. The fourth-order valence-electron chi connectivity index (χ4n) is 3.17. The van der Waals surface area contributed by atoms with Gasteiger partial charge in [-0.1, -0.05) is 37.3 Å². The second-order valence-electron chi connectivity index (χ2n) is 6.39. The van der Waals surface area contributed by atoms with Crippen LogP contribution in [0.4, 0.5) is 0 Å². The smallest absolute Gasteiger partial charge is 0.269 e. The molecule has 132 valence electrons. The van der Waals surface area contributed by atoms with Gasteiger partial charge in [0.05, 0.1) is 6.04 Å². The van der Waals surface area contributed by atoms with E-state index in [1.54, 1.807) is 16.9 Å². The van der Waals surface area contributed by atoms with Crippen molar-refractivity contribution >= 4 is 11.8 Å². The number of benzene rings is 1. The van der Waals surface area contributed by atoms with E-state index in [2.05, 4.69) is 22.5 Å². The van der Waals surface area contributed by atoms with Crippen molar-refractivity contribution < 1.29 is 9.59 Å². The van der Waals surface area contributed by atoms with Crippen LogP contribution in [-0.4, -0.2) is 45.6 Å². The number of carbonyl (C=O) groups is 2. The van der Waals surface area contributed by atoms with Crippen LogP contribution in [-0.2, 0) is 17.8 Å².